The molecule has 1 aliphatic heterocycles. The van der Waals surface area contributed by atoms with Crippen molar-refractivity contribution in [2.24, 2.45) is 0 Å². The number of carbonyl (C=O) groups excluding carboxylic acids is 4. The summed E-state index contributed by atoms with van der Waals surface area (Å²) < 4.78 is 29.1. The number of hydrogen-bond acceptors (Lipinski definition) is 4. The molecule has 0 saturated heterocycles. The highest BCUT2D eigenvalue weighted by Crippen LogP contribution is 2.32. The van der Waals surface area contributed by atoms with Gasteiger partial charge >= 0.3 is 0 Å². The number of nitrogens with zero attached hydrogens (tertiary/aromatic N) is 1. The van der Waals surface area contributed by atoms with Crippen molar-refractivity contribution < 1.29 is 28.0 Å². The Morgan fingerprint density at radius 3 is 2.58 bits per heavy atom. The van der Waals surface area contributed by atoms with Crippen LogP contribution in [-0.4, -0.2) is 34.3 Å². The first-order chi connectivity index (χ1) is 14.8. The number of nitrogens with one attached hydrogen (secondary N) is 1. The van der Waals surface area contributed by atoms with Gasteiger partial charge in [0.15, 0.2) is 5.78 Å². The Kier molecular flexibility index (Phi) is 5.39. The Bertz CT molecular complexity index is 1110. The number of amides is 2. The first-order valence-corrected chi connectivity index (χ1v) is 10.00. The van der Waals surface area contributed by atoms with Crippen molar-refractivity contribution in [2.75, 3.05) is 0 Å². The Balaban J connectivity index is 1.55. The Morgan fingerprint density at radius 1 is 1.13 bits per heavy atom. The standard InChI is InChI=1S/C23H20F2N2O4/c1-12(14-4-2-3-5-18(14)24)26-22(30)16-8-7-15-17(21(16)25)11-27(23(15)31)19-9-6-13(28)10-20(19)29/h2-5,7-8,12,19H,6,9-11H2,1H3,(H,26,30)/t12-,19?/m0/s1. The summed E-state index contributed by atoms with van der Waals surface area (Å²) in [6.07, 6.45) is 0.183. The lowest BCUT2D eigenvalue weighted by molar-refractivity contribution is -0.133. The van der Waals surface area contributed by atoms with Gasteiger partial charge in [0.25, 0.3) is 11.8 Å². The van der Waals surface area contributed by atoms with Crippen LogP contribution in [-0.2, 0) is 16.1 Å². The average molecular weight is 426 g/mol. The van der Waals surface area contributed by atoms with Crippen LogP contribution in [0.4, 0.5) is 8.78 Å². The predicted molar refractivity (Wildman–Crippen MR) is 106 cm³/mol. The summed E-state index contributed by atoms with van der Waals surface area (Å²) in [4.78, 5) is 50.4. The molecule has 1 fully saturated rings. The Labute approximate surface area is 177 Å². The van der Waals surface area contributed by atoms with Crippen molar-refractivity contribution in [3.63, 3.8) is 0 Å². The second kappa shape index (κ2) is 8.02. The molecule has 0 aromatic heterocycles. The van der Waals surface area contributed by atoms with E-state index in [1.165, 1.54) is 35.2 Å². The number of benzene rings is 2. The summed E-state index contributed by atoms with van der Waals surface area (Å²) in [6.45, 7) is 1.44. The van der Waals surface area contributed by atoms with E-state index in [0.717, 1.165) is 0 Å². The molecule has 2 aromatic carbocycles. The molecule has 1 N–H and O–H groups in total. The van der Waals surface area contributed by atoms with E-state index in [4.69, 9.17) is 0 Å². The van der Waals surface area contributed by atoms with Crippen LogP contribution in [0.5, 0.6) is 0 Å². The minimum atomic E-state index is -0.842. The van der Waals surface area contributed by atoms with E-state index in [-0.39, 0.29) is 59.6 Å². The number of carbonyl (C=O) groups is 4. The van der Waals surface area contributed by atoms with E-state index < -0.39 is 35.5 Å². The molecule has 1 saturated carbocycles. The van der Waals surface area contributed by atoms with Gasteiger partial charge in [0.05, 0.1) is 30.6 Å². The van der Waals surface area contributed by atoms with Crippen LogP contribution >= 0.6 is 0 Å². The molecule has 0 spiro atoms. The third-order valence-corrected chi connectivity index (χ3v) is 5.84. The van der Waals surface area contributed by atoms with Crippen LogP contribution in [0.15, 0.2) is 36.4 Å². The third-order valence-electron chi connectivity index (χ3n) is 5.84. The topological polar surface area (TPSA) is 83.6 Å². The lowest BCUT2D eigenvalue weighted by Gasteiger charge is -2.29. The molecule has 160 valence electrons. The van der Waals surface area contributed by atoms with Crippen molar-refractivity contribution in [3.8, 4) is 0 Å². The molecule has 1 unspecified atom stereocenters. The molecule has 6 nitrogen and oxygen atoms in total. The monoisotopic (exact) mass is 426 g/mol. The van der Waals surface area contributed by atoms with E-state index in [1.807, 2.05) is 0 Å². The maximum absolute atomic E-state index is 15.2. The van der Waals surface area contributed by atoms with Gasteiger partial charge in [-0.2, -0.15) is 0 Å². The molecule has 31 heavy (non-hydrogen) atoms. The molecule has 4 rings (SSSR count). The van der Waals surface area contributed by atoms with Gasteiger partial charge in [0.1, 0.15) is 17.4 Å². The number of halogens is 2. The fraction of sp³-hybridized carbons (Fsp3) is 0.304. The summed E-state index contributed by atoms with van der Waals surface area (Å²) in [5.74, 6) is -3.07. The number of Topliss-reactive ketones (excluding diaryl/α,β-unsaturated/α-hetero) is 2. The number of hydrogen-bond donors (Lipinski definition) is 1. The molecule has 2 atom stereocenters. The van der Waals surface area contributed by atoms with Crippen LogP contribution < -0.4 is 5.32 Å². The zero-order valence-corrected chi connectivity index (χ0v) is 16.8. The molecule has 0 bridgehead atoms. The maximum atomic E-state index is 15.2. The number of ketones is 2. The minimum absolute atomic E-state index is 0.0425. The fourth-order valence-electron chi connectivity index (χ4n) is 4.17. The quantitative estimate of drug-likeness (QED) is 0.762. The minimum Gasteiger partial charge on any atom is -0.345 e. The van der Waals surface area contributed by atoms with E-state index in [9.17, 15) is 23.6 Å². The summed E-state index contributed by atoms with van der Waals surface area (Å²) in [5, 5.41) is 2.57. The van der Waals surface area contributed by atoms with Crippen molar-refractivity contribution in [1.82, 2.24) is 10.2 Å². The first-order valence-electron chi connectivity index (χ1n) is 10.00. The van der Waals surface area contributed by atoms with Gasteiger partial charge in [-0.05, 0) is 31.5 Å². The molecule has 0 radical (unpaired) electrons. The van der Waals surface area contributed by atoms with Crippen LogP contribution in [0, 0.1) is 11.6 Å². The SMILES string of the molecule is C[C@H](NC(=O)c1ccc2c(c1F)CN(C1CCC(=O)CC1=O)C2=O)c1ccccc1F. The largest absolute Gasteiger partial charge is 0.345 e. The van der Waals surface area contributed by atoms with E-state index in [2.05, 4.69) is 5.32 Å². The van der Waals surface area contributed by atoms with Crippen molar-refractivity contribution in [2.45, 2.75) is 44.8 Å². The van der Waals surface area contributed by atoms with E-state index in [0.29, 0.717) is 0 Å². The third kappa shape index (κ3) is 3.73. The molecule has 1 aliphatic carbocycles. The lowest BCUT2D eigenvalue weighted by atomic mass is 9.92. The molecule has 1 heterocycles. The average Bonchev–Trinajstić information content (AvgIpc) is 3.06. The molecular weight excluding hydrogens is 406 g/mol. The van der Waals surface area contributed by atoms with Crippen molar-refractivity contribution in [3.05, 3.63) is 70.3 Å². The highest BCUT2D eigenvalue weighted by atomic mass is 19.1. The van der Waals surface area contributed by atoms with Gasteiger partial charge in [0.2, 0.25) is 0 Å². The Morgan fingerprint density at radius 2 is 1.87 bits per heavy atom. The maximum Gasteiger partial charge on any atom is 0.255 e. The molecular formula is C23H20F2N2O4. The van der Waals surface area contributed by atoms with Crippen LogP contribution in [0.3, 0.4) is 0 Å². The van der Waals surface area contributed by atoms with Crippen molar-refractivity contribution >= 4 is 23.4 Å². The summed E-state index contributed by atoms with van der Waals surface area (Å²) >= 11 is 0. The molecule has 2 amide bonds. The smallest absolute Gasteiger partial charge is 0.255 e. The van der Waals surface area contributed by atoms with Gasteiger partial charge in [-0.25, -0.2) is 8.78 Å². The molecule has 2 aliphatic rings. The first kappa shape index (κ1) is 20.8. The normalized spacial score (nSPS) is 19.4. The van der Waals surface area contributed by atoms with Crippen LogP contribution in [0.1, 0.15) is 64.1 Å². The molecule has 2 aromatic rings. The highest BCUT2D eigenvalue weighted by molar-refractivity contribution is 6.08. The van der Waals surface area contributed by atoms with Crippen molar-refractivity contribution in [1.29, 1.82) is 0 Å². The summed E-state index contributed by atoms with van der Waals surface area (Å²) in [6, 6.07) is 7.08. The lowest BCUT2D eigenvalue weighted by Crippen LogP contribution is -2.44. The van der Waals surface area contributed by atoms with Gasteiger partial charge in [0, 0.05) is 23.1 Å². The number of fused-ring (bicyclic) bond motifs is 1. The summed E-state index contributed by atoms with van der Waals surface area (Å²) in [5.41, 5.74) is 0.146. The van der Waals surface area contributed by atoms with Gasteiger partial charge in [-0.3, -0.25) is 19.2 Å². The second-order valence-electron chi connectivity index (χ2n) is 7.84. The summed E-state index contributed by atoms with van der Waals surface area (Å²) in [7, 11) is 0. The van der Waals surface area contributed by atoms with Gasteiger partial charge in [-0.1, -0.05) is 18.2 Å². The van der Waals surface area contributed by atoms with Crippen LogP contribution in [0.25, 0.3) is 0 Å². The van der Waals surface area contributed by atoms with Gasteiger partial charge in [-0.15, -0.1) is 0 Å². The second-order valence-corrected chi connectivity index (χ2v) is 7.84. The van der Waals surface area contributed by atoms with Gasteiger partial charge < -0.3 is 10.2 Å². The Hall–Kier alpha value is -3.42. The fourth-order valence-corrected chi connectivity index (χ4v) is 4.17. The predicted octanol–water partition coefficient (Wildman–Crippen LogP) is 3.10. The van der Waals surface area contributed by atoms with E-state index in [1.54, 1.807) is 13.0 Å². The number of rotatable bonds is 4. The highest BCUT2D eigenvalue weighted by Gasteiger charge is 2.40. The molecule has 8 heteroatoms. The zero-order chi connectivity index (χ0) is 22.3. The zero-order valence-electron chi connectivity index (χ0n) is 16.8. The van der Waals surface area contributed by atoms with E-state index >= 15 is 4.39 Å². The van der Waals surface area contributed by atoms with Crippen LogP contribution in [0.2, 0.25) is 0 Å².